The molecule has 0 saturated heterocycles. The molecule has 1 unspecified atom stereocenters. The topological polar surface area (TPSA) is 18.5 Å². The maximum Gasteiger partial charge on any atom is 0.155 e. The molecule has 0 aliphatic heterocycles. The van der Waals surface area contributed by atoms with Crippen molar-refractivity contribution in [2.75, 3.05) is 6.61 Å². The highest BCUT2D eigenvalue weighted by Crippen LogP contribution is 2.21. The van der Waals surface area contributed by atoms with E-state index in [1.165, 1.54) is 32.1 Å². The fourth-order valence-electron chi connectivity index (χ4n) is 1.68. The summed E-state index contributed by atoms with van der Waals surface area (Å²) in [6, 6.07) is 0. The number of ether oxygens (including phenoxy) is 2. The van der Waals surface area contributed by atoms with E-state index in [9.17, 15) is 0 Å². The van der Waals surface area contributed by atoms with Gasteiger partial charge in [0.1, 0.15) is 0 Å². The third-order valence-electron chi connectivity index (χ3n) is 2.29. The SMILES string of the molecule is [CH2]COC(C)OC1CCCCC1. The van der Waals surface area contributed by atoms with E-state index in [2.05, 4.69) is 6.92 Å². The Kier molecular flexibility index (Phi) is 4.62. The van der Waals surface area contributed by atoms with Gasteiger partial charge in [0.25, 0.3) is 0 Å². The van der Waals surface area contributed by atoms with E-state index in [-0.39, 0.29) is 6.29 Å². The summed E-state index contributed by atoms with van der Waals surface area (Å²) in [5.74, 6) is 0. The zero-order valence-corrected chi connectivity index (χ0v) is 7.92. The lowest BCUT2D eigenvalue weighted by molar-refractivity contribution is -0.160. The van der Waals surface area contributed by atoms with E-state index in [1.807, 2.05) is 6.92 Å². The van der Waals surface area contributed by atoms with Crippen LogP contribution < -0.4 is 0 Å². The van der Waals surface area contributed by atoms with E-state index in [0.717, 1.165) is 0 Å². The molecule has 0 heterocycles. The zero-order chi connectivity index (χ0) is 8.81. The molecule has 0 aromatic heterocycles. The molecule has 0 aromatic carbocycles. The van der Waals surface area contributed by atoms with Crippen LogP contribution in [-0.4, -0.2) is 19.0 Å². The zero-order valence-electron chi connectivity index (χ0n) is 7.92. The van der Waals surface area contributed by atoms with E-state index < -0.39 is 0 Å². The summed E-state index contributed by atoms with van der Waals surface area (Å²) < 4.78 is 10.9. The predicted molar refractivity (Wildman–Crippen MR) is 48.7 cm³/mol. The van der Waals surface area contributed by atoms with Crippen molar-refractivity contribution in [2.45, 2.75) is 51.4 Å². The van der Waals surface area contributed by atoms with Crippen LogP contribution in [0.1, 0.15) is 39.0 Å². The van der Waals surface area contributed by atoms with Crippen LogP contribution in [0.25, 0.3) is 0 Å². The smallest absolute Gasteiger partial charge is 0.155 e. The first-order valence-corrected chi connectivity index (χ1v) is 4.89. The third-order valence-corrected chi connectivity index (χ3v) is 2.29. The van der Waals surface area contributed by atoms with Gasteiger partial charge in [-0.25, -0.2) is 0 Å². The van der Waals surface area contributed by atoms with Crippen LogP contribution in [0.15, 0.2) is 0 Å². The summed E-state index contributed by atoms with van der Waals surface area (Å²) in [6.07, 6.45) is 6.73. The predicted octanol–water partition coefficient (Wildman–Crippen LogP) is 2.53. The van der Waals surface area contributed by atoms with Crippen molar-refractivity contribution in [2.24, 2.45) is 0 Å². The molecule has 1 saturated carbocycles. The van der Waals surface area contributed by atoms with Crippen molar-refractivity contribution in [3.63, 3.8) is 0 Å². The first kappa shape index (κ1) is 10.0. The fraction of sp³-hybridized carbons (Fsp3) is 0.900. The maximum atomic E-state index is 5.67. The molecule has 2 heteroatoms. The van der Waals surface area contributed by atoms with Gasteiger partial charge >= 0.3 is 0 Å². The molecule has 1 radical (unpaired) electrons. The van der Waals surface area contributed by atoms with Crippen molar-refractivity contribution in [3.05, 3.63) is 6.92 Å². The van der Waals surface area contributed by atoms with Gasteiger partial charge in [0.05, 0.1) is 6.10 Å². The van der Waals surface area contributed by atoms with Crippen molar-refractivity contribution in [3.8, 4) is 0 Å². The molecule has 1 aliphatic carbocycles. The minimum atomic E-state index is -0.0781. The Morgan fingerprint density at radius 2 is 2.00 bits per heavy atom. The number of rotatable bonds is 4. The van der Waals surface area contributed by atoms with Crippen LogP contribution in [0.5, 0.6) is 0 Å². The van der Waals surface area contributed by atoms with E-state index in [1.54, 1.807) is 0 Å². The minimum absolute atomic E-state index is 0.0781. The lowest BCUT2D eigenvalue weighted by atomic mass is 9.98. The normalized spacial score (nSPS) is 22.5. The van der Waals surface area contributed by atoms with Gasteiger partial charge in [-0.05, 0) is 26.7 Å². The molecule has 1 atom stereocenters. The molecule has 71 valence electrons. The van der Waals surface area contributed by atoms with Crippen LogP contribution in [0, 0.1) is 6.92 Å². The highest BCUT2D eigenvalue weighted by Gasteiger charge is 2.16. The van der Waals surface area contributed by atoms with E-state index >= 15 is 0 Å². The quantitative estimate of drug-likeness (QED) is 0.605. The second kappa shape index (κ2) is 5.55. The molecule has 1 fully saturated rings. The van der Waals surface area contributed by atoms with Gasteiger partial charge in [-0.1, -0.05) is 19.3 Å². The summed E-state index contributed by atoms with van der Waals surface area (Å²) in [5.41, 5.74) is 0. The van der Waals surface area contributed by atoms with Gasteiger partial charge in [0, 0.05) is 6.61 Å². The molecule has 0 spiro atoms. The molecular weight excluding hydrogens is 152 g/mol. The van der Waals surface area contributed by atoms with Gasteiger partial charge in [0.2, 0.25) is 0 Å². The van der Waals surface area contributed by atoms with Crippen LogP contribution in [0.3, 0.4) is 0 Å². The summed E-state index contributed by atoms with van der Waals surface area (Å²) >= 11 is 0. The molecule has 1 rings (SSSR count). The summed E-state index contributed by atoms with van der Waals surface area (Å²) in [7, 11) is 0. The van der Waals surface area contributed by atoms with Gasteiger partial charge in [-0.15, -0.1) is 0 Å². The Bertz CT molecular complexity index is 108. The number of hydrogen-bond donors (Lipinski definition) is 0. The largest absolute Gasteiger partial charge is 0.353 e. The molecule has 1 aliphatic rings. The minimum Gasteiger partial charge on any atom is -0.353 e. The lowest BCUT2D eigenvalue weighted by Crippen LogP contribution is -2.24. The van der Waals surface area contributed by atoms with Gasteiger partial charge < -0.3 is 9.47 Å². The molecule has 12 heavy (non-hydrogen) atoms. The molecule has 0 N–H and O–H groups in total. The fourth-order valence-corrected chi connectivity index (χ4v) is 1.68. The van der Waals surface area contributed by atoms with Gasteiger partial charge in [-0.3, -0.25) is 0 Å². The second-order valence-corrected chi connectivity index (χ2v) is 3.33. The molecule has 0 bridgehead atoms. The Balaban J connectivity index is 2.11. The highest BCUT2D eigenvalue weighted by atomic mass is 16.7. The van der Waals surface area contributed by atoms with Crippen LogP contribution >= 0.6 is 0 Å². The standard InChI is InChI=1S/C10H19O2/c1-3-11-9(2)12-10-7-5-4-6-8-10/h9-10H,1,3-8H2,2H3. The first-order chi connectivity index (χ1) is 5.83. The van der Waals surface area contributed by atoms with Crippen LogP contribution in [0.4, 0.5) is 0 Å². The third kappa shape index (κ3) is 3.55. The van der Waals surface area contributed by atoms with Crippen molar-refractivity contribution >= 4 is 0 Å². The summed E-state index contributed by atoms with van der Waals surface area (Å²) in [6.45, 7) is 6.05. The van der Waals surface area contributed by atoms with Crippen LogP contribution in [-0.2, 0) is 9.47 Å². The molecule has 2 nitrogen and oxygen atoms in total. The van der Waals surface area contributed by atoms with Crippen molar-refractivity contribution in [1.29, 1.82) is 0 Å². The Morgan fingerprint density at radius 3 is 2.58 bits per heavy atom. The Morgan fingerprint density at radius 1 is 1.33 bits per heavy atom. The van der Waals surface area contributed by atoms with Crippen LogP contribution in [0.2, 0.25) is 0 Å². The van der Waals surface area contributed by atoms with Gasteiger partial charge in [0.15, 0.2) is 6.29 Å². The Hall–Kier alpha value is -0.0800. The van der Waals surface area contributed by atoms with E-state index in [0.29, 0.717) is 12.7 Å². The summed E-state index contributed by atoms with van der Waals surface area (Å²) in [4.78, 5) is 0. The monoisotopic (exact) mass is 171 g/mol. The van der Waals surface area contributed by atoms with Crippen molar-refractivity contribution < 1.29 is 9.47 Å². The molecular formula is C10H19O2. The summed E-state index contributed by atoms with van der Waals surface area (Å²) in [5, 5.41) is 0. The van der Waals surface area contributed by atoms with Crippen molar-refractivity contribution in [1.82, 2.24) is 0 Å². The highest BCUT2D eigenvalue weighted by molar-refractivity contribution is 4.65. The first-order valence-electron chi connectivity index (χ1n) is 4.89. The van der Waals surface area contributed by atoms with Gasteiger partial charge in [-0.2, -0.15) is 0 Å². The number of hydrogen-bond acceptors (Lipinski definition) is 2. The lowest BCUT2D eigenvalue weighted by Gasteiger charge is -2.25. The molecule has 0 amide bonds. The average molecular weight is 171 g/mol. The maximum absolute atomic E-state index is 5.67. The Labute approximate surface area is 75.2 Å². The molecule has 0 aromatic rings. The average Bonchev–Trinajstić information content (AvgIpc) is 2.06. The second-order valence-electron chi connectivity index (χ2n) is 3.33. The van der Waals surface area contributed by atoms with E-state index in [4.69, 9.17) is 9.47 Å².